The molecule has 0 aromatic carbocycles. The second-order valence-corrected chi connectivity index (χ2v) is 4.33. The van der Waals surface area contributed by atoms with Crippen molar-refractivity contribution in [2.45, 2.75) is 19.6 Å². The molecule has 0 bridgehead atoms. The van der Waals surface area contributed by atoms with E-state index in [9.17, 15) is 0 Å². The molecule has 0 amide bonds. The molecule has 0 atom stereocenters. The summed E-state index contributed by atoms with van der Waals surface area (Å²) in [4.78, 5) is 0. The molecule has 4 nitrogen and oxygen atoms in total. The minimum atomic E-state index is 0.594. The number of thiophene rings is 1. The average Bonchev–Trinajstić information content (AvgIpc) is 2.89. The fourth-order valence-electron chi connectivity index (χ4n) is 1.76. The Kier molecular flexibility index (Phi) is 2.26. The molecule has 0 fully saturated rings. The highest BCUT2D eigenvalue weighted by atomic mass is 32.1. The van der Waals surface area contributed by atoms with Crippen molar-refractivity contribution in [3.05, 3.63) is 34.0 Å². The lowest BCUT2D eigenvalue weighted by Crippen LogP contribution is -2.18. The third-order valence-electron chi connectivity index (χ3n) is 2.54. The highest BCUT2D eigenvalue weighted by Gasteiger charge is 2.15. The van der Waals surface area contributed by atoms with Crippen LogP contribution in [0.3, 0.4) is 0 Å². The van der Waals surface area contributed by atoms with E-state index >= 15 is 0 Å². The van der Waals surface area contributed by atoms with Crippen molar-refractivity contribution in [2.24, 2.45) is 0 Å². The van der Waals surface area contributed by atoms with Gasteiger partial charge in [-0.1, -0.05) is 0 Å². The van der Waals surface area contributed by atoms with Crippen LogP contribution in [0.4, 0.5) is 0 Å². The molecular weight excluding hydrogens is 210 g/mol. The smallest absolute Gasteiger partial charge is 0.159 e. The van der Waals surface area contributed by atoms with Crippen LogP contribution >= 0.6 is 11.3 Å². The van der Waals surface area contributed by atoms with Crippen LogP contribution in [-0.2, 0) is 24.3 Å². The molecule has 1 aliphatic rings. The van der Waals surface area contributed by atoms with E-state index in [1.165, 1.54) is 5.56 Å². The summed E-state index contributed by atoms with van der Waals surface area (Å²) >= 11 is 1.72. The molecule has 0 radical (unpaired) electrons. The van der Waals surface area contributed by atoms with Crippen LogP contribution in [0.1, 0.15) is 17.2 Å². The van der Waals surface area contributed by atoms with Crippen LogP contribution in [0.2, 0.25) is 0 Å². The lowest BCUT2D eigenvalue weighted by molar-refractivity contribution is 0.0807. The summed E-state index contributed by atoms with van der Waals surface area (Å²) in [6, 6.07) is 2.13. The second kappa shape index (κ2) is 3.75. The van der Waals surface area contributed by atoms with Gasteiger partial charge in [0, 0.05) is 13.0 Å². The van der Waals surface area contributed by atoms with Gasteiger partial charge in [0.15, 0.2) is 5.82 Å². The summed E-state index contributed by atoms with van der Waals surface area (Å²) in [7, 11) is 0. The highest BCUT2D eigenvalue weighted by Crippen LogP contribution is 2.14. The molecule has 0 N–H and O–H groups in total. The van der Waals surface area contributed by atoms with Crippen molar-refractivity contribution in [1.82, 2.24) is 14.8 Å². The number of nitrogens with zero attached hydrogens (tertiary/aromatic N) is 3. The van der Waals surface area contributed by atoms with Crippen molar-refractivity contribution in [2.75, 3.05) is 6.61 Å². The number of ether oxygens (including phenoxy) is 1. The molecule has 0 saturated heterocycles. The Labute approximate surface area is 91.5 Å². The average molecular weight is 221 g/mol. The van der Waals surface area contributed by atoms with Gasteiger partial charge in [-0.3, -0.25) is 0 Å². The molecule has 15 heavy (non-hydrogen) atoms. The number of hydrogen-bond donors (Lipinski definition) is 0. The molecule has 0 aliphatic carbocycles. The number of hydrogen-bond acceptors (Lipinski definition) is 4. The van der Waals surface area contributed by atoms with Gasteiger partial charge in [-0.2, -0.15) is 11.3 Å². The van der Waals surface area contributed by atoms with E-state index in [0.29, 0.717) is 6.61 Å². The zero-order chi connectivity index (χ0) is 10.1. The van der Waals surface area contributed by atoms with E-state index in [2.05, 4.69) is 31.6 Å². The van der Waals surface area contributed by atoms with Gasteiger partial charge in [0.2, 0.25) is 0 Å². The first-order chi connectivity index (χ1) is 7.43. The maximum atomic E-state index is 5.32. The first-order valence-electron chi connectivity index (χ1n) is 4.93. The van der Waals surface area contributed by atoms with Crippen LogP contribution in [0.25, 0.3) is 0 Å². The minimum absolute atomic E-state index is 0.594. The Morgan fingerprint density at radius 2 is 2.47 bits per heavy atom. The number of aromatic nitrogens is 3. The van der Waals surface area contributed by atoms with E-state index in [1.807, 2.05) is 0 Å². The Hall–Kier alpha value is -1.20. The van der Waals surface area contributed by atoms with Gasteiger partial charge in [0.05, 0.1) is 6.61 Å². The summed E-state index contributed by atoms with van der Waals surface area (Å²) in [5, 5.41) is 12.6. The topological polar surface area (TPSA) is 39.9 Å². The van der Waals surface area contributed by atoms with Crippen LogP contribution in [0, 0.1) is 0 Å². The molecule has 2 aromatic rings. The van der Waals surface area contributed by atoms with Gasteiger partial charge in [-0.25, -0.2) is 0 Å². The molecule has 0 unspecified atom stereocenters. The molecule has 2 aromatic heterocycles. The fourth-order valence-corrected chi connectivity index (χ4v) is 2.43. The van der Waals surface area contributed by atoms with E-state index < -0.39 is 0 Å². The van der Waals surface area contributed by atoms with Crippen molar-refractivity contribution >= 4 is 11.3 Å². The Morgan fingerprint density at radius 1 is 1.47 bits per heavy atom. The first kappa shape index (κ1) is 9.06. The molecule has 5 heteroatoms. The lowest BCUT2D eigenvalue weighted by atomic mass is 10.2. The number of rotatable bonds is 2. The van der Waals surface area contributed by atoms with Crippen LogP contribution < -0.4 is 0 Å². The predicted molar refractivity (Wildman–Crippen MR) is 56.8 cm³/mol. The van der Waals surface area contributed by atoms with Crippen molar-refractivity contribution < 1.29 is 4.74 Å². The van der Waals surface area contributed by atoms with Crippen LogP contribution in [0.5, 0.6) is 0 Å². The fraction of sp³-hybridized carbons (Fsp3) is 0.400. The largest absolute Gasteiger partial charge is 0.372 e. The first-order valence-corrected chi connectivity index (χ1v) is 5.87. The molecule has 3 heterocycles. The summed E-state index contributed by atoms with van der Waals surface area (Å²) in [6.07, 6.45) is 0.872. The SMILES string of the molecule is c1cc(Cc2nnc3n2CCOC3)cs1. The lowest BCUT2D eigenvalue weighted by Gasteiger charge is -2.15. The minimum Gasteiger partial charge on any atom is -0.372 e. The van der Waals surface area contributed by atoms with Gasteiger partial charge in [-0.15, -0.1) is 10.2 Å². The van der Waals surface area contributed by atoms with Gasteiger partial charge in [0.25, 0.3) is 0 Å². The monoisotopic (exact) mass is 221 g/mol. The highest BCUT2D eigenvalue weighted by molar-refractivity contribution is 7.07. The molecule has 0 saturated carbocycles. The Bertz CT molecular complexity index is 449. The van der Waals surface area contributed by atoms with Crippen molar-refractivity contribution in [3.63, 3.8) is 0 Å². The van der Waals surface area contributed by atoms with Gasteiger partial charge < -0.3 is 9.30 Å². The van der Waals surface area contributed by atoms with Gasteiger partial charge >= 0.3 is 0 Å². The van der Waals surface area contributed by atoms with E-state index in [-0.39, 0.29) is 0 Å². The predicted octanol–water partition coefficient (Wildman–Crippen LogP) is 1.46. The summed E-state index contributed by atoms with van der Waals surface area (Å²) in [5.41, 5.74) is 1.31. The third kappa shape index (κ3) is 1.68. The summed E-state index contributed by atoms with van der Waals surface area (Å²) < 4.78 is 7.49. The third-order valence-corrected chi connectivity index (χ3v) is 3.27. The maximum Gasteiger partial charge on any atom is 0.159 e. The molecule has 0 spiro atoms. The van der Waals surface area contributed by atoms with Crippen molar-refractivity contribution in [1.29, 1.82) is 0 Å². The Balaban J connectivity index is 1.89. The molecular formula is C10H11N3OS. The Morgan fingerprint density at radius 3 is 3.33 bits per heavy atom. The van der Waals surface area contributed by atoms with Gasteiger partial charge in [0.1, 0.15) is 12.4 Å². The molecule has 1 aliphatic heterocycles. The van der Waals surface area contributed by atoms with E-state index in [1.54, 1.807) is 11.3 Å². The number of fused-ring (bicyclic) bond motifs is 1. The standard InChI is InChI=1S/C10H11N3OS/c1-4-15-7-8(1)5-9-11-12-10-6-14-3-2-13(9)10/h1,4,7H,2-3,5-6H2. The second-order valence-electron chi connectivity index (χ2n) is 3.55. The van der Waals surface area contributed by atoms with E-state index in [0.717, 1.165) is 31.2 Å². The van der Waals surface area contributed by atoms with E-state index in [4.69, 9.17) is 4.74 Å². The van der Waals surface area contributed by atoms with Gasteiger partial charge in [-0.05, 0) is 22.4 Å². The van der Waals surface area contributed by atoms with Crippen LogP contribution in [-0.4, -0.2) is 21.4 Å². The molecule has 78 valence electrons. The zero-order valence-corrected chi connectivity index (χ0v) is 9.04. The summed E-state index contributed by atoms with van der Waals surface area (Å²) in [6.45, 7) is 2.24. The summed E-state index contributed by atoms with van der Waals surface area (Å²) in [5.74, 6) is 2.00. The normalized spacial score (nSPS) is 15.2. The zero-order valence-electron chi connectivity index (χ0n) is 8.22. The van der Waals surface area contributed by atoms with Crippen molar-refractivity contribution in [3.8, 4) is 0 Å². The van der Waals surface area contributed by atoms with Crippen LogP contribution in [0.15, 0.2) is 16.8 Å². The maximum absolute atomic E-state index is 5.32. The quantitative estimate of drug-likeness (QED) is 0.770. The molecule has 3 rings (SSSR count).